The standard InChI is InChI=1S/C21H21FO4/c22-18-13-17(26-21(24)16-9-5-2-6-10-16)11-12-20(18)25-14-19(23)15-7-3-1-4-8-15/h1-10,17-18,20H,11-14H2/t17-,18+,20+/m1/s1. The summed E-state index contributed by atoms with van der Waals surface area (Å²) < 4.78 is 25.3. The van der Waals surface area contributed by atoms with Crippen LogP contribution in [0.2, 0.25) is 0 Å². The van der Waals surface area contributed by atoms with Crippen LogP contribution in [0.4, 0.5) is 4.39 Å². The number of Topliss-reactive ketones (excluding diaryl/α,β-unsaturated/α-hetero) is 1. The normalized spacial score (nSPS) is 22.6. The molecule has 0 amide bonds. The molecule has 1 aliphatic rings. The van der Waals surface area contributed by atoms with Gasteiger partial charge in [-0.15, -0.1) is 0 Å². The van der Waals surface area contributed by atoms with Gasteiger partial charge in [-0.2, -0.15) is 0 Å². The molecule has 0 radical (unpaired) electrons. The zero-order valence-electron chi connectivity index (χ0n) is 14.3. The minimum absolute atomic E-state index is 0.0861. The van der Waals surface area contributed by atoms with Crippen LogP contribution in [0.25, 0.3) is 0 Å². The Morgan fingerprint density at radius 2 is 1.54 bits per heavy atom. The maximum absolute atomic E-state index is 14.4. The van der Waals surface area contributed by atoms with Gasteiger partial charge in [-0.3, -0.25) is 4.79 Å². The first-order valence-corrected chi connectivity index (χ1v) is 8.73. The number of hydrogen-bond acceptors (Lipinski definition) is 4. The Hall–Kier alpha value is -2.53. The molecule has 2 aromatic rings. The summed E-state index contributed by atoms with van der Waals surface area (Å²) in [7, 11) is 0. The van der Waals surface area contributed by atoms with Crippen LogP contribution < -0.4 is 0 Å². The van der Waals surface area contributed by atoms with E-state index in [9.17, 15) is 14.0 Å². The number of benzene rings is 2. The Morgan fingerprint density at radius 3 is 2.15 bits per heavy atom. The quantitative estimate of drug-likeness (QED) is 0.580. The number of ketones is 1. The third-order valence-electron chi connectivity index (χ3n) is 4.47. The van der Waals surface area contributed by atoms with E-state index in [0.29, 0.717) is 24.0 Å². The first-order valence-electron chi connectivity index (χ1n) is 8.73. The van der Waals surface area contributed by atoms with Crippen molar-refractivity contribution in [2.24, 2.45) is 0 Å². The molecule has 3 atom stereocenters. The maximum atomic E-state index is 14.4. The van der Waals surface area contributed by atoms with Gasteiger partial charge in [-0.05, 0) is 25.0 Å². The average molecular weight is 356 g/mol. The molecule has 0 N–H and O–H groups in total. The van der Waals surface area contributed by atoms with Crippen molar-refractivity contribution in [2.75, 3.05) is 6.61 Å². The number of esters is 1. The molecule has 136 valence electrons. The SMILES string of the molecule is O=C(CO[C@H]1CC[C@@H](OC(=O)c2ccccc2)C[C@@H]1F)c1ccccc1. The van der Waals surface area contributed by atoms with Crippen LogP contribution in [0.5, 0.6) is 0 Å². The molecule has 26 heavy (non-hydrogen) atoms. The van der Waals surface area contributed by atoms with Crippen molar-refractivity contribution >= 4 is 11.8 Å². The Morgan fingerprint density at radius 1 is 0.923 bits per heavy atom. The second kappa shape index (κ2) is 8.72. The predicted octanol–water partition coefficient (Wildman–Crippen LogP) is 4.00. The minimum Gasteiger partial charge on any atom is -0.459 e. The highest BCUT2D eigenvalue weighted by atomic mass is 19.1. The van der Waals surface area contributed by atoms with E-state index in [4.69, 9.17) is 9.47 Å². The second-order valence-corrected chi connectivity index (χ2v) is 6.36. The molecule has 0 unspecified atom stereocenters. The van der Waals surface area contributed by atoms with Gasteiger partial charge in [0, 0.05) is 12.0 Å². The van der Waals surface area contributed by atoms with Crippen LogP contribution in [0.3, 0.4) is 0 Å². The Kier molecular flexibility index (Phi) is 6.12. The highest BCUT2D eigenvalue weighted by Gasteiger charge is 2.33. The fourth-order valence-electron chi connectivity index (χ4n) is 3.03. The summed E-state index contributed by atoms with van der Waals surface area (Å²) in [6.07, 6.45) is -1.36. The van der Waals surface area contributed by atoms with E-state index in [1.165, 1.54) is 0 Å². The molecule has 0 saturated heterocycles. The van der Waals surface area contributed by atoms with Gasteiger partial charge in [0.05, 0.1) is 11.7 Å². The van der Waals surface area contributed by atoms with Crippen molar-refractivity contribution in [2.45, 2.75) is 37.6 Å². The van der Waals surface area contributed by atoms with Crippen molar-refractivity contribution < 1.29 is 23.5 Å². The average Bonchev–Trinajstić information content (AvgIpc) is 2.68. The number of ether oxygens (including phenoxy) is 2. The molecule has 0 aliphatic heterocycles. The fourth-order valence-corrected chi connectivity index (χ4v) is 3.03. The smallest absolute Gasteiger partial charge is 0.338 e. The van der Waals surface area contributed by atoms with Crippen LogP contribution in [0, 0.1) is 0 Å². The topological polar surface area (TPSA) is 52.6 Å². The summed E-state index contributed by atoms with van der Waals surface area (Å²) in [4.78, 5) is 24.1. The van der Waals surface area contributed by atoms with Crippen molar-refractivity contribution in [1.82, 2.24) is 0 Å². The summed E-state index contributed by atoms with van der Waals surface area (Å²) in [5.41, 5.74) is 1.00. The summed E-state index contributed by atoms with van der Waals surface area (Å²) in [6.45, 7) is -0.149. The first-order chi connectivity index (χ1) is 12.6. The van der Waals surface area contributed by atoms with Gasteiger partial charge in [0.25, 0.3) is 0 Å². The Labute approximate surface area is 151 Å². The highest BCUT2D eigenvalue weighted by molar-refractivity contribution is 5.97. The van der Waals surface area contributed by atoms with Crippen molar-refractivity contribution in [1.29, 1.82) is 0 Å². The maximum Gasteiger partial charge on any atom is 0.338 e. The van der Waals surface area contributed by atoms with E-state index in [1.807, 2.05) is 12.1 Å². The van der Waals surface area contributed by atoms with Crippen LogP contribution in [0.1, 0.15) is 40.0 Å². The van der Waals surface area contributed by atoms with Crippen LogP contribution in [-0.4, -0.2) is 36.7 Å². The van der Waals surface area contributed by atoms with E-state index in [1.54, 1.807) is 48.5 Å². The van der Waals surface area contributed by atoms with E-state index in [2.05, 4.69) is 0 Å². The fraction of sp³-hybridized carbons (Fsp3) is 0.333. The number of rotatable bonds is 6. The van der Waals surface area contributed by atoms with Crippen LogP contribution in [0.15, 0.2) is 60.7 Å². The van der Waals surface area contributed by atoms with Gasteiger partial charge in [0.2, 0.25) is 0 Å². The van der Waals surface area contributed by atoms with E-state index in [0.717, 1.165) is 0 Å². The zero-order valence-corrected chi connectivity index (χ0v) is 14.3. The van der Waals surface area contributed by atoms with Crippen LogP contribution >= 0.6 is 0 Å². The molecule has 4 nitrogen and oxygen atoms in total. The second-order valence-electron chi connectivity index (χ2n) is 6.36. The number of halogens is 1. The molecule has 2 aromatic carbocycles. The van der Waals surface area contributed by atoms with Gasteiger partial charge in [-0.1, -0.05) is 48.5 Å². The van der Waals surface area contributed by atoms with Gasteiger partial charge in [0.15, 0.2) is 5.78 Å². The molecular weight excluding hydrogens is 335 g/mol. The third-order valence-corrected chi connectivity index (χ3v) is 4.47. The number of carbonyl (C=O) groups is 2. The van der Waals surface area contributed by atoms with Gasteiger partial charge in [0.1, 0.15) is 18.9 Å². The first kappa shape index (κ1) is 18.3. The molecular formula is C21H21FO4. The zero-order chi connectivity index (χ0) is 18.4. The summed E-state index contributed by atoms with van der Waals surface area (Å²) in [6, 6.07) is 17.4. The molecule has 0 aromatic heterocycles. The van der Waals surface area contributed by atoms with E-state index in [-0.39, 0.29) is 18.8 Å². The van der Waals surface area contributed by atoms with Crippen molar-refractivity contribution in [3.63, 3.8) is 0 Å². The lowest BCUT2D eigenvalue weighted by atomic mass is 9.93. The summed E-state index contributed by atoms with van der Waals surface area (Å²) in [5.74, 6) is -0.614. The predicted molar refractivity (Wildman–Crippen MR) is 94.9 cm³/mol. The van der Waals surface area contributed by atoms with Crippen molar-refractivity contribution in [3.05, 3.63) is 71.8 Å². The number of carbonyl (C=O) groups excluding carboxylic acids is 2. The summed E-state index contributed by atoms with van der Waals surface area (Å²) in [5, 5.41) is 0. The molecule has 1 saturated carbocycles. The molecule has 0 spiro atoms. The lowest BCUT2D eigenvalue weighted by molar-refractivity contribution is -0.0554. The monoisotopic (exact) mass is 356 g/mol. The number of hydrogen-bond donors (Lipinski definition) is 0. The molecule has 0 heterocycles. The Balaban J connectivity index is 1.46. The van der Waals surface area contributed by atoms with E-state index < -0.39 is 24.3 Å². The van der Waals surface area contributed by atoms with Crippen LogP contribution in [-0.2, 0) is 9.47 Å². The largest absolute Gasteiger partial charge is 0.459 e. The number of alkyl halides is 1. The van der Waals surface area contributed by atoms with Gasteiger partial charge >= 0.3 is 5.97 Å². The molecule has 1 aliphatic carbocycles. The van der Waals surface area contributed by atoms with Crippen molar-refractivity contribution in [3.8, 4) is 0 Å². The third kappa shape index (κ3) is 4.76. The van der Waals surface area contributed by atoms with Gasteiger partial charge < -0.3 is 9.47 Å². The molecule has 5 heteroatoms. The van der Waals surface area contributed by atoms with E-state index >= 15 is 0 Å². The Bertz CT molecular complexity index is 732. The minimum atomic E-state index is -1.26. The lowest BCUT2D eigenvalue weighted by Crippen LogP contribution is -2.38. The van der Waals surface area contributed by atoms with Gasteiger partial charge in [-0.25, -0.2) is 9.18 Å². The lowest BCUT2D eigenvalue weighted by Gasteiger charge is -2.31. The molecule has 3 rings (SSSR count). The molecule has 1 fully saturated rings. The molecule has 0 bridgehead atoms. The highest BCUT2D eigenvalue weighted by Crippen LogP contribution is 2.27. The summed E-state index contributed by atoms with van der Waals surface area (Å²) >= 11 is 0.